The number of quaternary nitrogens is 1. The van der Waals surface area contributed by atoms with Gasteiger partial charge < -0.3 is 16.9 Å². The largest absolute Gasteiger partial charge is 1.00 e. The molecule has 0 saturated carbocycles. The first-order valence-corrected chi connectivity index (χ1v) is 5.57. The number of hydrogen-bond acceptors (Lipinski definition) is 1. The third-order valence-corrected chi connectivity index (χ3v) is 3.44. The Morgan fingerprint density at radius 3 is 2.14 bits per heavy atom. The molecule has 14 heavy (non-hydrogen) atoms. The lowest BCUT2D eigenvalue weighted by Gasteiger charge is -2.42. The van der Waals surface area contributed by atoms with E-state index in [-0.39, 0.29) is 17.9 Å². The summed E-state index contributed by atoms with van der Waals surface area (Å²) in [6.07, 6.45) is 4.15. The summed E-state index contributed by atoms with van der Waals surface area (Å²) in [4.78, 5) is 2.87. The van der Waals surface area contributed by atoms with E-state index in [4.69, 9.17) is 11.8 Å². The molecule has 1 aliphatic heterocycles. The third kappa shape index (κ3) is 4.35. The Kier molecular flexibility index (Phi) is 5.75. The van der Waals surface area contributed by atoms with Crippen LogP contribution >= 0.6 is 11.8 Å². The summed E-state index contributed by atoms with van der Waals surface area (Å²) in [7, 11) is 2.34. The van der Waals surface area contributed by atoms with E-state index in [2.05, 4.69) is 25.7 Å². The van der Waals surface area contributed by atoms with Crippen molar-refractivity contribution in [3.63, 3.8) is 0 Å². The molecule has 1 heterocycles. The van der Waals surface area contributed by atoms with Crippen molar-refractivity contribution in [2.45, 2.75) is 38.6 Å². The van der Waals surface area contributed by atoms with Crippen LogP contribution < -0.4 is 17.2 Å². The maximum absolute atomic E-state index is 5.71. The average Bonchev–Trinajstić information content (AvgIpc) is 2.04. The van der Waals surface area contributed by atoms with Crippen molar-refractivity contribution in [1.82, 2.24) is 4.84 Å². The second-order valence-corrected chi connectivity index (χ2v) is 5.45. The Hall–Kier alpha value is 0.500. The van der Waals surface area contributed by atoms with Gasteiger partial charge in [0.2, 0.25) is 0 Å². The standard InChI is InChI=1S/C10H22ClN2.ClH/c1-10(2,12-11)9-13(3)7-5-4-6-8-13;/h12H,4-9H2,1-3H3;1H/q+1;/p-1. The van der Waals surface area contributed by atoms with Crippen LogP contribution in [-0.2, 0) is 0 Å². The summed E-state index contributed by atoms with van der Waals surface area (Å²) < 4.78 is 1.17. The highest BCUT2D eigenvalue weighted by atomic mass is 35.5. The van der Waals surface area contributed by atoms with Crippen molar-refractivity contribution >= 4 is 11.8 Å². The zero-order chi connectivity index (χ0) is 9.95. The van der Waals surface area contributed by atoms with Crippen molar-refractivity contribution in [2.75, 3.05) is 26.7 Å². The van der Waals surface area contributed by atoms with E-state index in [0.717, 1.165) is 6.54 Å². The maximum Gasteiger partial charge on any atom is 0.0976 e. The molecule has 1 rings (SSSR count). The van der Waals surface area contributed by atoms with Crippen LogP contribution in [0, 0.1) is 0 Å². The zero-order valence-corrected chi connectivity index (χ0v) is 11.0. The van der Waals surface area contributed by atoms with Crippen molar-refractivity contribution in [2.24, 2.45) is 0 Å². The van der Waals surface area contributed by atoms with E-state index in [9.17, 15) is 0 Å². The number of piperidine rings is 1. The van der Waals surface area contributed by atoms with Gasteiger partial charge in [-0.2, -0.15) is 0 Å². The van der Waals surface area contributed by atoms with E-state index >= 15 is 0 Å². The van der Waals surface area contributed by atoms with E-state index in [1.54, 1.807) is 0 Å². The molecule has 1 saturated heterocycles. The molecule has 2 nitrogen and oxygen atoms in total. The van der Waals surface area contributed by atoms with Gasteiger partial charge in [-0.3, -0.25) is 0 Å². The molecule has 1 fully saturated rings. The molecule has 0 aromatic heterocycles. The molecular formula is C10H22Cl2N2. The highest BCUT2D eigenvalue weighted by molar-refractivity contribution is 6.13. The lowest BCUT2D eigenvalue weighted by atomic mass is 10.0. The molecular weight excluding hydrogens is 219 g/mol. The fourth-order valence-electron chi connectivity index (χ4n) is 2.42. The molecule has 0 aromatic carbocycles. The molecule has 86 valence electrons. The smallest absolute Gasteiger partial charge is 0.0976 e. The molecule has 0 atom stereocenters. The fourth-order valence-corrected chi connectivity index (χ4v) is 2.48. The SMILES string of the molecule is CC(C)(C[N+]1(C)CCCCC1)NCl.[Cl-]. The minimum absolute atomic E-state index is 0. The van der Waals surface area contributed by atoms with Gasteiger partial charge in [-0.1, -0.05) is 0 Å². The van der Waals surface area contributed by atoms with Gasteiger partial charge in [0.25, 0.3) is 0 Å². The Morgan fingerprint density at radius 1 is 1.21 bits per heavy atom. The summed E-state index contributed by atoms with van der Waals surface area (Å²) in [5, 5.41) is 0. The van der Waals surface area contributed by atoms with Crippen molar-refractivity contribution in [3.8, 4) is 0 Å². The van der Waals surface area contributed by atoms with Crippen LogP contribution in [0.15, 0.2) is 0 Å². The van der Waals surface area contributed by atoms with Crippen LogP contribution in [0.4, 0.5) is 0 Å². The predicted molar refractivity (Wildman–Crippen MR) is 57.7 cm³/mol. The van der Waals surface area contributed by atoms with Crippen LogP contribution in [0.25, 0.3) is 0 Å². The minimum Gasteiger partial charge on any atom is -1.00 e. The van der Waals surface area contributed by atoms with Crippen LogP contribution in [0.5, 0.6) is 0 Å². The molecule has 0 spiro atoms. The fraction of sp³-hybridized carbons (Fsp3) is 1.00. The molecule has 0 unspecified atom stereocenters. The lowest BCUT2D eigenvalue weighted by Crippen LogP contribution is -3.00. The zero-order valence-electron chi connectivity index (χ0n) is 9.45. The highest BCUT2D eigenvalue weighted by Gasteiger charge is 2.32. The summed E-state index contributed by atoms with van der Waals surface area (Å²) >= 11 is 5.71. The molecule has 4 heteroatoms. The molecule has 1 N–H and O–H groups in total. The Labute approximate surface area is 99.1 Å². The minimum atomic E-state index is 0. The van der Waals surface area contributed by atoms with Gasteiger partial charge in [0.05, 0.1) is 32.2 Å². The molecule has 0 radical (unpaired) electrons. The highest BCUT2D eigenvalue weighted by Crippen LogP contribution is 2.20. The van der Waals surface area contributed by atoms with Gasteiger partial charge in [-0.25, -0.2) is 4.84 Å². The second kappa shape index (κ2) is 5.55. The quantitative estimate of drug-likeness (QED) is 0.501. The van der Waals surface area contributed by atoms with E-state index in [0.29, 0.717) is 0 Å². The molecule has 0 aromatic rings. The number of hydrogen-bond donors (Lipinski definition) is 1. The van der Waals surface area contributed by atoms with Gasteiger partial charge in [0, 0.05) is 0 Å². The maximum atomic E-state index is 5.71. The number of rotatable bonds is 3. The Bertz CT molecular complexity index is 166. The van der Waals surface area contributed by atoms with Gasteiger partial charge in [0.15, 0.2) is 0 Å². The summed E-state index contributed by atoms with van der Waals surface area (Å²) in [5.41, 5.74) is 0.0493. The van der Waals surface area contributed by atoms with Crippen molar-refractivity contribution < 1.29 is 16.9 Å². The van der Waals surface area contributed by atoms with Crippen LogP contribution in [0.2, 0.25) is 0 Å². The third-order valence-electron chi connectivity index (χ3n) is 2.93. The lowest BCUT2D eigenvalue weighted by molar-refractivity contribution is -0.917. The molecule has 0 amide bonds. The first-order valence-electron chi connectivity index (χ1n) is 5.19. The summed E-state index contributed by atoms with van der Waals surface area (Å²) in [5.74, 6) is 0. The monoisotopic (exact) mass is 240 g/mol. The van der Waals surface area contributed by atoms with Crippen LogP contribution in [-0.4, -0.2) is 36.7 Å². The number of likely N-dealkylation sites (N-methyl/N-ethyl adjacent to an activating group) is 1. The van der Waals surface area contributed by atoms with Crippen molar-refractivity contribution in [3.05, 3.63) is 0 Å². The number of nitrogens with zero attached hydrogens (tertiary/aromatic N) is 1. The van der Waals surface area contributed by atoms with E-state index in [1.807, 2.05) is 0 Å². The Balaban J connectivity index is 0.00000169. The average molecular weight is 241 g/mol. The molecule has 0 aliphatic carbocycles. The molecule has 1 aliphatic rings. The summed E-state index contributed by atoms with van der Waals surface area (Å²) in [6.45, 7) is 8.07. The predicted octanol–water partition coefficient (Wildman–Crippen LogP) is -0.857. The van der Waals surface area contributed by atoms with Crippen molar-refractivity contribution in [1.29, 1.82) is 0 Å². The van der Waals surface area contributed by atoms with E-state index in [1.165, 1.54) is 36.8 Å². The van der Waals surface area contributed by atoms with E-state index < -0.39 is 0 Å². The first-order chi connectivity index (χ1) is 5.97. The first kappa shape index (κ1) is 14.5. The topological polar surface area (TPSA) is 12.0 Å². The number of nitrogens with one attached hydrogen (secondary N) is 1. The van der Waals surface area contributed by atoms with Crippen LogP contribution in [0.3, 0.4) is 0 Å². The van der Waals surface area contributed by atoms with Gasteiger partial charge in [-0.05, 0) is 44.9 Å². The number of likely N-dealkylation sites (tertiary alicyclic amines) is 1. The molecule has 0 bridgehead atoms. The normalized spacial score (nSPS) is 21.4. The van der Waals surface area contributed by atoms with Gasteiger partial charge in [-0.15, -0.1) is 0 Å². The van der Waals surface area contributed by atoms with Crippen LogP contribution in [0.1, 0.15) is 33.1 Å². The van der Waals surface area contributed by atoms with Gasteiger partial charge in [0.1, 0.15) is 0 Å². The Morgan fingerprint density at radius 2 is 1.71 bits per heavy atom. The second-order valence-electron chi connectivity index (χ2n) is 5.26. The number of halogens is 2. The summed E-state index contributed by atoms with van der Waals surface area (Å²) in [6, 6.07) is 0. The van der Waals surface area contributed by atoms with Gasteiger partial charge >= 0.3 is 0 Å².